The van der Waals surface area contributed by atoms with Crippen molar-refractivity contribution in [3.05, 3.63) is 109 Å². The number of hydrogen-bond acceptors (Lipinski definition) is 9. The molecule has 0 fully saturated rings. The highest BCUT2D eigenvalue weighted by Crippen LogP contribution is 2.36. The van der Waals surface area contributed by atoms with Gasteiger partial charge in [0, 0.05) is 24.3 Å². The predicted octanol–water partition coefficient (Wildman–Crippen LogP) is 4.17. The summed E-state index contributed by atoms with van der Waals surface area (Å²) in [5.74, 6) is -0.0899. The summed E-state index contributed by atoms with van der Waals surface area (Å²) in [4.78, 5) is 43.6. The topological polar surface area (TPSA) is 130 Å². The van der Waals surface area contributed by atoms with Crippen LogP contribution in [-0.4, -0.2) is 48.5 Å². The first kappa shape index (κ1) is 29.7. The summed E-state index contributed by atoms with van der Waals surface area (Å²) in [5, 5.41) is 9.16. The van der Waals surface area contributed by atoms with Crippen LogP contribution in [0.25, 0.3) is 17.4 Å². The summed E-state index contributed by atoms with van der Waals surface area (Å²) < 4.78 is 24.4. The van der Waals surface area contributed by atoms with Gasteiger partial charge >= 0.3 is 11.9 Å². The van der Waals surface area contributed by atoms with Crippen LogP contribution in [0.5, 0.6) is 5.75 Å². The highest BCUT2D eigenvalue weighted by Gasteiger charge is 2.35. The van der Waals surface area contributed by atoms with E-state index in [1.807, 2.05) is 31.2 Å². The third-order valence-electron chi connectivity index (χ3n) is 6.75. The summed E-state index contributed by atoms with van der Waals surface area (Å²) in [6.07, 6.45) is 2.41. The monoisotopic (exact) mass is 602 g/mol. The van der Waals surface area contributed by atoms with E-state index in [9.17, 15) is 14.4 Å². The van der Waals surface area contributed by atoms with Gasteiger partial charge in [-0.3, -0.25) is 9.36 Å². The molecule has 4 aromatic rings. The molecule has 5 rings (SSSR count). The van der Waals surface area contributed by atoms with E-state index in [1.54, 1.807) is 37.3 Å². The number of thiazole rings is 1. The number of furan rings is 1. The number of para-hydroxylation sites is 1. The van der Waals surface area contributed by atoms with Crippen LogP contribution in [0.4, 0.5) is 0 Å². The first-order chi connectivity index (χ1) is 20.8. The van der Waals surface area contributed by atoms with E-state index < -0.39 is 18.0 Å². The molecule has 1 N–H and O–H groups in total. The Labute approximate surface area is 250 Å². The smallest absolute Gasteiger partial charge is 0.338 e. The molecule has 0 aliphatic carbocycles. The SMILES string of the molecule is CCCOc1ccccc1[C@H]1C(C(=O)OCCOC)=C(C)N=c2s/c(=C/c3ccc(-c4ccc(C(=O)O)cc4)o3)c(=O)n21. The third-order valence-corrected chi connectivity index (χ3v) is 7.74. The van der Waals surface area contributed by atoms with Crippen molar-refractivity contribution in [3.63, 3.8) is 0 Å². The van der Waals surface area contributed by atoms with Crippen molar-refractivity contribution >= 4 is 29.4 Å². The zero-order valence-corrected chi connectivity index (χ0v) is 24.7. The minimum absolute atomic E-state index is 0.0527. The standard InChI is InChI=1S/C32H30N2O8S/c1-4-15-40-25-8-6-5-7-23(25)28-27(31(38)41-17-16-39-3)19(2)33-32-34(28)29(35)26(43-32)18-22-13-14-24(42-22)20-9-11-21(12-10-20)30(36)37/h5-14,18,28H,4,15-17H2,1-3H3,(H,36,37)/b26-18+/t28-/m0/s1. The van der Waals surface area contributed by atoms with Crippen molar-refractivity contribution in [1.82, 2.24) is 4.57 Å². The number of ether oxygens (including phenoxy) is 3. The molecule has 0 saturated heterocycles. The van der Waals surface area contributed by atoms with E-state index in [0.717, 1.165) is 6.42 Å². The Morgan fingerprint density at radius 2 is 1.84 bits per heavy atom. The molecule has 0 radical (unpaired) electrons. The maximum absolute atomic E-state index is 14.0. The van der Waals surface area contributed by atoms with Crippen molar-refractivity contribution < 1.29 is 33.3 Å². The molecular formula is C32H30N2O8S. The number of nitrogens with zero attached hydrogens (tertiary/aromatic N) is 2. The minimum Gasteiger partial charge on any atom is -0.493 e. The number of carbonyl (C=O) groups is 2. The van der Waals surface area contributed by atoms with Gasteiger partial charge in [-0.1, -0.05) is 48.6 Å². The molecule has 1 atom stereocenters. The number of aromatic nitrogens is 1. The number of aromatic carboxylic acids is 1. The molecule has 0 unspecified atom stereocenters. The van der Waals surface area contributed by atoms with Gasteiger partial charge in [0.25, 0.3) is 5.56 Å². The zero-order valence-electron chi connectivity index (χ0n) is 23.9. The molecule has 1 aliphatic heterocycles. The predicted molar refractivity (Wildman–Crippen MR) is 160 cm³/mol. The average molecular weight is 603 g/mol. The number of allylic oxidation sites excluding steroid dienone is 1. The molecule has 0 saturated carbocycles. The van der Waals surface area contributed by atoms with Crippen LogP contribution >= 0.6 is 11.3 Å². The Balaban J connectivity index is 1.59. The summed E-state index contributed by atoms with van der Waals surface area (Å²) in [7, 11) is 1.52. The summed E-state index contributed by atoms with van der Waals surface area (Å²) in [5.41, 5.74) is 1.84. The van der Waals surface area contributed by atoms with E-state index in [4.69, 9.17) is 23.7 Å². The summed E-state index contributed by atoms with van der Waals surface area (Å²) in [6.45, 7) is 4.47. The largest absolute Gasteiger partial charge is 0.493 e. The lowest BCUT2D eigenvalue weighted by Gasteiger charge is -2.26. The molecular weight excluding hydrogens is 572 g/mol. The quantitative estimate of drug-likeness (QED) is 0.200. The number of hydrogen-bond donors (Lipinski definition) is 1. The number of carboxylic acids is 1. The molecule has 2 aromatic carbocycles. The number of benzene rings is 2. The van der Waals surface area contributed by atoms with Crippen molar-refractivity contribution in [2.75, 3.05) is 26.9 Å². The van der Waals surface area contributed by atoms with E-state index in [1.165, 1.54) is 35.1 Å². The molecule has 1 aliphatic rings. The van der Waals surface area contributed by atoms with E-state index in [2.05, 4.69) is 4.99 Å². The van der Waals surface area contributed by atoms with Gasteiger partial charge < -0.3 is 23.7 Å². The fraction of sp³-hybridized carbons (Fsp3) is 0.250. The maximum Gasteiger partial charge on any atom is 0.338 e. The molecule has 2 aromatic heterocycles. The molecule has 0 amide bonds. The first-order valence-corrected chi connectivity index (χ1v) is 14.5. The van der Waals surface area contributed by atoms with Gasteiger partial charge in [-0.15, -0.1) is 0 Å². The molecule has 3 heterocycles. The first-order valence-electron chi connectivity index (χ1n) is 13.7. The van der Waals surface area contributed by atoms with Crippen molar-refractivity contribution in [2.24, 2.45) is 4.99 Å². The lowest BCUT2D eigenvalue weighted by molar-refractivity contribution is -0.140. The molecule has 0 bridgehead atoms. The van der Waals surface area contributed by atoms with Gasteiger partial charge in [-0.2, -0.15) is 0 Å². The van der Waals surface area contributed by atoms with E-state index >= 15 is 0 Å². The van der Waals surface area contributed by atoms with E-state index in [0.29, 0.717) is 50.0 Å². The Hall–Kier alpha value is -4.74. The van der Waals surface area contributed by atoms with Gasteiger partial charge in [0.1, 0.15) is 29.9 Å². The van der Waals surface area contributed by atoms with Crippen LogP contribution in [0.2, 0.25) is 0 Å². The normalized spacial score (nSPS) is 14.8. The Morgan fingerprint density at radius 1 is 1.07 bits per heavy atom. The Bertz CT molecular complexity index is 1860. The maximum atomic E-state index is 14.0. The second-order valence-corrected chi connectivity index (χ2v) is 10.7. The zero-order chi connectivity index (χ0) is 30.5. The van der Waals surface area contributed by atoms with Crippen LogP contribution in [0.3, 0.4) is 0 Å². The number of carbonyl (C=O) groups excluding carboxylic acids is 1. The van der Waals surface area contributed by atoms with Crippen LogP contribution in [-0.2, 0) is 14.3 Å². The second kappa shape index (κ2) is 13.1. The van der Waals surface area contributed by atoms with Gasteiger partial charge in [-0.05, 0) is 43.7 Å². The van der Waals surface area contributed by atoms with Gasteiger partial charge in [0.2, 0.25) is 0 Å². The average Bonchev–Trinajstić information content (AvgIpc) is 3.59. The van der Waals surface area contributed by atoms with Crippen molar-refractivity contribution in [2.45, 2.75) is 26.3 Å². The number of rotatable bonds is 11. The minimum atomic E-state index is -1.01. The van der Waals surface area contributed by atoms with Crippen LogP contribution in [0.1, 0.15) is 48.0 Å². The summed E-state index contributed by atoms with van der Waals surface area (Å²) in [6, 6.07) is 16.3. The number of fused-ring (bicyclic) bond motifs is 1. The molecule has 11 heteroatoms. The third kappa shape index (κ3) is 6.23. The van der Waals surface area contributed by atoms with Crippen LogP contribution < -0.4 is 19.6 Å². The van der Waals surface area contributed by atoms with Crippen LogP contribution in [0.15, 0.2) is 86.1 Å². The van der Waals surface area contributed by atoms with Crippen molar-refractivity contribution in [3.8, 4) is 17.1 Å². The number of carboxylic acid groups (broad SMARTS) is 1. The highest BCUT2D eigenvalue weighted by atomic mass is 32.1. The molecule has 0 spiro atoms. The number of esters is 1. The van der Waals surface area contributed by atoms with Gasteiger partial charge in [-0.25, -0.2) is 14.6 Å². The highest BCUT2D eigenvalue weighted by molar-refractivity contribution is 7.07. The van der Waals surface area contributed by atoms with Crippen molar-refractivity contribution in [1.29, 1.82) is 0 Å². The molecule has 222 valence electrons. The lowest BCUT2D eigenvalue weighted by atomic mass is 9.95. The van der Waals surface area contributed by atoms with Gasteiger partial charge in [0.15, 0.2) is 4.80 Å². The number of methoxy groups -OCH3 is 1. The summed E-state index contributed by atoms with van der Waals surface area (Å²) >= 11 is 1.18. The molecule has 43 heavy (non-hydrogen) atoms. The molecule has 10 nitrogen and oxygen atoms in total. The fourth-order valence-electron chi connectivity index (χ4n) is 4.71. The Morgan fingerprint density at radius 3 is 2.56 bits per heavy atom. The van der Waals surface area contributed by atoms with Crippen LogP contribution in [0, 0.1) is 0 Å². The van der Waals surface area contributed by atoms with Gasteiger partial charge in [0.05, 0.1) is 34.6 Å². The second-order valence-electron chi connectivity index (χ2n) is 9.68. The van der Waals surface area contributed by atoms with E-state index in [-0.39, 0.29) is 29.9 Å². The fourth-order valence-corrected chi connectivity index (χ4v) is 5.74. The Kier molecular flexibility index (Phi) is 9.03. The lowest BCUT2D eigenvalue weighted by Crippen LogP contribution is -2.40.